The van der Waals surface area contributed by atoms with E-state index in [1.165, 1.54) is 0 Å². The van der Waals surface area contributed by atoms with Crippen LogP contribution in [0.15, 0.2) is 36.7 Å². The van der Waals surface area contributed by atoms with E-state index in [0.717, 1.165) is 22.5 Å². The molecule has 4 nitrogen and oxygen atoms in total. The monoisotopic (exact) mass is 256 g/mol. The molecule has 0 bridgehead atoms. The Kier molecular flexibility index (Phi) is 3.05. The molecule has 0 saturated heterocycles. The Labute approximate surface area is 112 Å². The lowest BCUT2D eigenvalue weighted by Crippen LogP contribution is -2.23. The van der Waals surface area contributed by atoms with Crippen LogP contribution in [-0.4, -0.2) is 21.2 Å². The smallest absolute Gasteiger partial charge is 0.115 e. The predicted octanol–water partition coefficient (Wildman–Crippen LogP) is 2.66. The lowest BCUT2D eigenvalue weighted by Gasteiger charge is -2.32. The molecule has 2 aromatic rings. The summed E-state index contributed by atoms with van der Waals surface area (Å²) in [5.74, 6) is 0. The van der Waals surface area contributed by atoms with Crippen molar-refractivity contribution >= 4 is 0 Å². The van der Waals surface area contributed by atoms with Crippen molar-refractivity contribution in [3.63, 3.8) is 0 Å². The number of hydrogen-bond donors (Lipinski definition) is 1. The van der Waals surface area contributed by atoms with E-state index in [2.05, 4.69) is 9.97 Å². The highest BCUT2D eigenvalue weighted by molar-refractivity contribution is 5.67. The molecule has 0 aromatic carbocycles. The van der Waals surface area contributed by atoms with E-state index in [1.807, 2.05) is 38.1 Å². The van der Waals surface area contributed by atoms with E-state index in [1.54, 1.807) is 12.4 Å². The topological polar surface area (TPSA) is 55.2 Å². The van der Waals surface area contributed by atoms with Crippen LogP contribution in [0.4, 0.5) is 0 Å². The van der Waals surface area contributed by atoms with Crippen LogP contribution in [0.2, 0.25) is 0 Å². The van der Waals surface area contributed by atoms with Gasteiger partial charge in [0.2, 0.25) is 0 Å². The largest absolute Gasteiger partial charge is 0.385 e. The van der Waals surface area contributed by atoms with Crippen LogP contribution in [0.25, 0.3) is 11.4 Å². The molecule has 2 atom stereocenters. The van der Waals surface area contributed by atoms with Crippen LogP contribution in [-0.2, 0) is 4.74 Å². The highest BCUT2D eigenvalue weighted by Gasteiger charge is 2.35. The van der Waals surface area contributed by atoms with Gasteiger partial charge in [-0.1, -0.05) is 12.1 Å². The number of aliphatic hydroxyl groups is 1. The second kappa shape index (κ2) is 4.72. The SMILES string of the molecule is CC(C)O[C@H]1c2cccnc2-c2ncccc2[C@@H]1O. The highest BCUT2D eigenvalue weighted by atomic mass is 16.5. The number of aliphatic hydroxyl groups excluding tert-OH is 1. The van der Waals surface area contributed by atoms with Gasteiger partial charge in [-0.25, -0.2) is 0 Å². The molecule has 2 heterocycles. The number of rotatable bonds is 2. The maximum Gasteiger partial charge on any atom is 0.115 e. The van der Waals surface area contributed by atoms with Gasteiger partial charge in [-0.05, 0) is 26.0 Å². The zero-order valence-electron chi connectivity index (χ0n) is 10.9. The van der Waals surface area contributed by atoms with Crippen molar-refractivity contribution in [2.75, 3.05) is 0 Å². The van der Waals surface area contributed by atoms with Gasteiger partial charge < -0.3 is 9.84 Å². The number of aromatic nitrogens is 2. The Hall–Kier alpha value is -1.78. The predicted molar refractivity (Wildman–Crippen MR) is 71.4 cm³/mol. The quantitative estimate of drug-likeness (QED) is 0.897. The Morgan fingerprint density at radius 3 is 2.26 bits per heavy atom. The summed E-state index contributed by atoms with van der Waals surface area (Å²) >= 11 is 0. The summed E-state index contributed by atoms with van der Waals surface area (Å²) in [5.41, 5.74) is 3.22. The Bertz CT molecular complexity index is 598. The maximum absolute atomic E-state index is 10.5. The number of pyridine rings is 2. The second-order valence-corrected chi connectivity index (χ2v) is 4.93. The molecule has 0 spiro atoms. The molecule has 19 heavy (non-hydrogen) atoms. The fraction of sp³-hybridized carbons (Fsp3) is 0.333. The van der Waals surface area contributed by atoms with Crippen molar-refractivity contribution in [3.8, 4) is 11.4 Å². The van der Waals surface area contributed by atoms with Gasteiger partial charge in [0.25, 0.3) is 0 Å². The third-order valence-electron chi connectivity index (χ3n) is 3.23. The summed E-state index contributed by atoms with van der Waals surface area (Å²) in [6, 6.07) is 7.50. The Morgan fingerprint density at radius 1 is 1.05 bits per heavy atom. The van der Waals surface area contributed by atoms with Gasteiger partial charge in [0.1, 0.15) is 12.2 Å². The molecule has 0 aliphatic heterocycles. The summed E-state index contributed by atoms with van der Waals surface area (Å²) < 4.78 is 5.87. The molecule has 4 heteroatoms. The van der Waals surface area contributed by atoms with Crippen LogP contribution in [0, 0.1) is 0 Å². The Balaban J connectivity index is 2.17. The summed E-state index contributed by atoms with van der Waals surface area (Å²) in [5, 5.41) is 10.5. The van der Waals surface area contributed by atoms with E-state index < -0.39 is 6.10 Å². The molecule has 0 fully saturated rings. The molecule has 0 saturated carbocycles. The van der Waals surface area contributed by atoms with E-state index in [0.29, 0.717) is 0 Å². The minimum Gasteiger partial charge on any atom is -0.385 e. The summed E-state index contributed by atoms with van der Waals surface area (Å²) in [6.45, 7) is 3.92. The molecule has 98 valence electrons. The Morgan fingerprint density at radius 2 is 1.63 bits per heavy atom. The van der Waals surface area contributed by atoms with Crippen molar-refractivity contribution in [1.29, 1.82) is 0 Å². The van der Waals surface area contributed by atoms with Crippen LogP contribution in [0.5, 0.6) is 0 Å². The minimum absolute atomic E-state index is 0.0333. The fourth-order valence-corrected chi connectivity index (χ4v) is 2.47. The van der Waals surface area contributed by atoms with Gasteiger partial charge >= 0.3 is 0 Å². The zero-order valence-corrected chi connectivity index (χ0v) is 10.9. The standard InChI is InChI=1S/C15H16N2O2/c1-9(2)19-15-11-6-4-8-17-13(11)12-10(14(15)18)5-3-7-16-12/h3-9,14-15,18H,1-2H3/t14-,15-/m0/s1. The number of hydrogen-bond acceptors (Lipinski definition) is 4. The first-order chi connectivity index (χ1) is 9.18. The van der Waals surface area contributed by atoms with Crippen LogP contribution in [0.1, 0.15) is 37.2 Å². The van der Waals surface area contributed by atoms with Crippen molar-refractivity contribution < 1.29 is 9.84 Å². The maximum atomic E-state index is 10.5. The lowest BCUT2D eigenvalue weighted by molar-refractivity contribution is -0.0703. The zero-order chi connectivity index (χ0) is 13.4. The highest BCUT2D eigenvalue weighted by Crippen LogP contribution is 2.44. The van der Waals surface area contributed by atoms with Crippen LogP contribution >= 0.6 is 0 Å². The van der Waals surface area contributed by atoms with E-state index in [4.69, 9.17) is 4.74 Å². The summed E-state index contributed by atoms with van der Waals surface area (Å²) in [7, 11) is 0. The molecule has 0 amide bonds. The molecular formula is C15H16N2O2. The molecule has 2 aromatic heterocycles. The van der Waals surface area contributed by atoms with Crippen LogP contribution in [0.3, 0.4) is 0 Å². The van der Waals surface area contributed by atoms with E-state index >= 15 is 0 Å². The van der Waals surface area contributed by atoms with Crippen molar-refractivity contribution in [1.82, 2.24) is 9.97 Å². The second-order valence-electron chi connectivity index (χ2n) is 4.93. The molecule has 1 aliphatic rings. The average molecular weight is 256 g/mol. The third kappa shape index (κ3) is 2.03. The average Bonchev–Trinajstić information content (AvgIpc) is 2.43. The van der Waals surface area contributed by atoms with Gasteiger partial charge in [-0.3, -0.25) is 9.97 Å². The first kappa shape index (κ1) is 12.3. The van der Waals surface area contributed by atoms with Gasteiger partial charge in [-0.2, -0.15) is 0 Å². The minimum atomic E-state index is -0.706. The number of ether oxygens (including phenoxy) is 1. The van der Waals surface area contributed by atoms with E-state index in [-0.39, 0.29) is 12.2 Å². The molecule has 0 radical (unpaired) electrons. The van der Waals surface area contributed by atoms with Crippen molar-refractivity contribution in [2.24, 2.45) is 0 Å². The summed E-state index contributed by atoms with van der Waals surface area (Å²) in [6.07, 6.45) is 2.39. The van der Waals surface area contributed by atoms with Crippen molar-refractivity contribution in [3.05, 3.63) is 47.8 Å². The van der Waals surface area contributed by atoms with Gasteiger partial charge in [0.05, 0.1) is 17.5 Å². The number of nitrogens with zero attached hydrogens (tertiary/aromatic N) is 2. The van der Waals surface area contributed by atoms with Crippen molar-refractivity contribution in [2.45, 2.75) is 32.2 Å². The van der Waals surface area contributed by atoms with Gasteiger partial charge in [0.15, 0.2) is 0 Å². The van der Waals surface area contributed by atoms with Gasteiger partial charge in [-0.15, -0.1) is 0 Å². The van der Waals surface area contributed by atoms with Crippen LogP contribution < -0.4 is 0 Å². The van der Waals surface area contributed by atoms with E-state index in [9.17, 15) is 5.11 Å². The normalized spacial score (nSPS) is 21.1. The molecular weight excluding hydrogens is 240 g/mol. The summed E-state index contributed by atoms with van der Waals surface area (Å²) in [4.78, 5) is 8.75. The first-order valence-electron chi connectivity index (χ1n) is 6.42. The molecule has 1 N–H and O–H groups in total. The molecule has 0 unspecified atom stereocenters. The molecule has 1 aliphatic carbocycles. The van der Waals surface area contributed by atoms with Gasteiger partial charge in [0, 0.05) is 23.5 Å². The lowest BCUT2D eigenvalue weighted by atomic mass is 9.88. The fourth-order valence-electron chi connectivity index (χ4n) is 2.47. The molecule has 3 rings (SSSR count). The third-order valence-corrected chi connectivity index (χ3v) is 3.23. The number of fused-ring (bicyclic) bond motifs is 3. The first-order valence-corrected chi connectivity index (χ1v) is 6.42.